The first-order valence-corrected chi connectivity index (χ1v) is 5.95. The molecule has 0 fully saturated rings. The van der Waals surface area contributed by atoms with E-state index in [0.29, 0.717) is 0 Å². The maximum Gasteiger partial charge on any atom is 0.433 e. The third-order valence-electron chi connectivity index (χ3n) is 2.06. The van der Waals surface area contributed by atoms with Gasteiger partial charge in [0.15, 0.2) is 5.69 Å². The standard InChI is InChI=1S/C10H9F3N4OS/c11-10(12,13)7-4-8(16-9(15-7)17-14)18-5-6-2-1-3-19-6/h1-4H,5,14H2,(H,15,16,17). The van der Waals surface area contributed by atoms with Gasteiger partial charge in [-0.15, -0.1) is 11.3 Å². The molecule has 2 aromatic heterocycles. The van der Waals surface area contributed by atoms with Gasteiger partial charge in [0.1, 0.15) is 6.61 Å². The van der Waals surface area contributed by atoms with Crippen LogP contribution >= 0.6 is 11.3 Å². The Morgan fingerprint density at radius 1 is 1.37 bits per heavy atom. The number of nitrogens with zero attached hydrogens (tertiary/aromatic N) is 2. The monoisotopic (exact) mass is 290 g/mol. The van der Waals surface area contributed by atoms with Gasteiger partial charge in [-0.2, -0.15) is 18.2 Å². The molecule has 0 bridgehead atoms. The van der Waals surface area contributed by atoms with Crippen LogP contribution in [0.3, 0.4) is 0 Å². The number of nitrogen functional groups attached to an aromatic ring is 1. The summed E-state index contributed by atoms with van der Waals surface area (Å²) in [5.41, 5.74) is 0.859. The molecule has 0 saturated heterocycles. The molecular formula is C10H9F3N4OS. The normalized spacial score (nSPS) is 11.4. The maximum atomic E-state index is 12.6. The molecule has 5 nitrogen and oxygen atoms in total. The van der Waals surface area contributed by atoms with Crippen molar-refractivity contribution in [3.8, 4) is 5.88 Å². The van der Waals surface area contributed by atoms with Gasteiger partial charge in [-0.1, -0.05) is 6.07 Å². The largest absolute Gasteiger partial charge is 0.472 e. The van der Waals surface area contributed by atoms with E-state index in [1.165, 1.54) is 11.3 Å². The average molecular weight is 290 g/mol. The van der Waals surface area contributed by atoms with Crippen LogP contribution in [0.2, 0.25) is 0 Å². The summed E-state index contributed by atoms with van der Waals surface area (Å²) in [6.45, 7) is 0.135. The molecular weight excluding hydrogens is 281 g/mol. The zero-order chi connectivity index (χ0) is 13.9. The molecule has 0 atom stereocenters. The van der Waals surface area contributed by atoms with Crippen LogP contribution < -0.4 is 16.0 Å². The van der Waals surface area contributed by atoms with Crippen molar-refractivity contribution < 1.29 is 17.9 Å². The first-order chi connectivity index (χ1) is 8.99. The summed E-state index contributed by atoms with van der Waals surface area (Å²) in [5.74, 6) is 4.48. The summed E-state index contributed by atoms with van der Waals surface area (Å²) in [7, 11) is 0. The van der Waals surface area contributed by atoms with Crippen LogP contribution in [0.1, 0.15) is 10.6 Å². The van der Waals surface area contributed by atoms with Gasteiger partial charge in [0, 0.05) is 10.9 Å². The third-order valence-corrected chi connectivity index (χ3v) is 2.91. The van der Waals surface area contributed by atoms with Crippen molar-refractivity contribution in [2.45, 2.75) is 12.8 Å². The molecule has 19 heavy (non-hydrogen) atoms. The summed E-state index contributed by atoms with van der Waals surface area (Å²) >= 11 is 1.43. The van der Waals surface area contributed by atoms with Crippen LogP contribution in [0.5, 0.6) is 5.88 Å². The zero-order valence-corrected chi connectivity index (χ0v) is 10.3. The van der Waals surface area contributed by atoms with Crippen LogP contribution in [0.25, 0.3) is 0 Å². The minimum absolute atomic E-state index is 0.135. The number of nitrogens with one attached hydrogen (secondary N) is 1. The molecule has 2 heterocycles. The SMILES string of the molecule is NNc1nc(OCc2cccs2)cc(C(F)(F)F)n1. The Kier molecular flexibility index (Phi) is 3.86. The van der Waals surface area contributed by atoms with E-state index in [9.17, 15) is 13.2 Å². The lowest BCUT2D eigenvalue weighted by atomic mass is 10.4. The Morgan fingerprint density at radius 3 is 2.74 bits per heavy atom. The van der Waals surface area contributed by atoms with E-state index in [1.54, 1.807) is 6.07 Å². The summed E-state index contributed by atoms with van der Waals surface area (Å²) in [5, 5.41) is 1.84. The number of aromatic nitrogens is 2. The molecule has 0 spiro atoms. The molecule has 9 heteroatoms. The number of thiophene rings is 1. The number of alkyl halides is 3. The highest BCUT2D eigenvalue weighted by Crippen LogP contribution is 2.30. The highest BCUT2D eigenvalue weighted by molar-refractivity contribution is 7.09. The molecule has 0 radical (unpaired) electrons. The Bertz CT molecular complexity index is 544. The van der Waals surface area contributed by atoms with Crippen LogP contribution in [0.4, 0.5) is 19.1 Å². The second kappa shape index (κ2) is 5.41. The second-order valence-corrected chi connectivity index (χ2v) is 4.46. The lowest BCUT2D eigenvalue weighted by Gasteiger charge is -2.10. The van der Waals surface area contributed by atoms with Crippen molar-refractivity contribution in [1.82, 2.24) is 9.97 Å². The van der Waals surface area contributed by atoms with E-state index in [2.05, 4.69) is 9.97 Å². The predicted octanol–water partition coefficient (Wildman–Crippen LogP) is 2.42. The van der Waals surface area contributed by atoms with Crippen molar-refractivity contribution in [3.05, 3.63) is 34.2 Å². The summed E-state index contributed by atoms with van der Waals surface area (Å²) < 4.78 is 42.9. The summed E-state index contributed by atoms with van der Waals surface area (Å²) in [6.07, 6.45) is -4.59. The van der Waals surface area contributed by atoms with E-state index >= 15 is 0 Å². The maximum absolute atomic E-state index is 12.6. The fourth-order valence-electron chi connectivity index (χ4n) is 1.25. The highest BCUT2D eigenvalue weighted by atomic mass is 32.1. The topological polar surface area (TPSA) is 73.1 Å². The summed E-state index contributed by atoms with van der Waals surface area (Å²) in [4.78, 5) is 7.79. The Hall–Kier alpha value is -1.87. The summed E-state index contributed by atoms with van der Waals surface area (Å²) in [6, 6.07) is 4.35. The molecule has 0 aliphatic rings. The van der Waals surface area contributed by atoms with Gasteiger partial charge in [-0.05, 0) is 11.4 Å². The molecule has 0 aliphatic heterocycles. The first kappa shape index (κ1) is 13.6. The Balaban J connectivity index is 2.19. The number of hydrazine groups is 1. The molecule has 3 N–H and O–H groups in total. The van der Waals surface area contributed by atoms with E-state index in [0.717, 1.165) is 10.9 Å². The van der Waals surface area contributed by atoms with E-state index in [1.807, 2.05) is 16.9 Å². The number of anilines is 1. The first-order valence-electron chi connectivity index (χ1n) is 5.07. The van der Waals surface area contributed by atoms with Crippen molar-refractivity contribution in [1.29, 1.82) is 0 Å². The third kappa shape index (κ3) is 3.55. The fraction of sp³-hybridized carbons (Fsp3) is 0.200. The van der Waals surface area contributed by atoms with E-state index in [4.69, 9.17) is 10.6 Å². The minimum Gasteiger partial charge on any atom is -0.472 e. The predicted molar refractivity (Wildman–Crippen MR) is 63.5 cm³/mol. The van der Waals surface area contributed by atoms with Crippen molar-refractivity contribution in [2.75, 3.05) is 5.43 Å². The highest BCUT2D eigenvalue weighted by Gasteiger charge is 2.34. The van der Waals surface area contributed by atoms with Crippen LogP contribution in [0, 0.1) is 0 Å². The van der Waals surface area contributed by atoms with Crippen LogP contribution in [0.15, 0.2) is 23.6 Å². The molecule has 0 aromatic carbocycles. The number of hydrogen-bond donors (Lipinski definition) is 2. The fourth-order valence-corrected chi connectivity index (χ4v) is 1.86. The number of halogens is 3. The van der Waals surface area contributed by atoms with Gasteiger partial charge in [0.2, 0.25) is 11.8 Å². The minimum atomic E-state index is -4.59. The van der Waals surface area contributed by atoms with Gasteiger partial charge in [-0.3, -0.25) is 5.43 Å². The molecule has 0 unspecified atom stereocenters. The quantitative estimate of drug-likeness (QED) is 0.668. The Morgan fingerprint density at radius 2 is 2.16 bits per heavy atom. The molecule has 2 rings (SSSR count). The number of hydrogen-bond acceptors (Lipinski definition) is 6. The number of nitrogens with two attached hydrogens (primary N) is 1. The van der Waals surface area contributed by atoms with Crippen molar-refractivity contribution in [3.63, 3.8) is 0 Å². The van der Waals surface area contributed by atoms with Gasteiger partial charge in [0.05, 0.1) is 0 Å². The van der Waals surface area contributed by atoms with Gasteiger partial charge >= 0.3 is 6.18 Å². The molecule has 0 aliphatic carbocycles. The number of ether oxygens (including phenoxy) is 1. The lowest BCUT2D eigenvalue weighted by Crippen LogP contribution is -2.16. The molecule has 0 amide bonds. The average Bonchev–Trinajstić information content (AvgIpc) is 2.88. The van der Waals surface area contributed by atoms with E-state index in [-0.39, 0.29) is 18.4 Å². The second-order valence-electron chi connectivity index (χ2n) is 3.43. The lowest BCUT2D eigenvalue weighted by molar-refractivity contribution is -0.141. The molecule has 102 valence electrons. The van der Waals surface area contributed by atoms with Crippen molar-refractivity contribution in [2.24, 2.45) is 5.84 Å². The van der Waals surface area contributed by atoms with Crippen molar-refractivity contribution >= 4 is 17.3 Å². The number of rotatable bonds is 4. The molecule has 0 saturated carbocycles. The van der Waals surface area contributed by atoms with Gasteiger partial charge in [0.25, 0.3) is 0 Å². The zero-order valence-electron chi connectivity index (χ0n) is 9.44. The van der Waals surface area contributed by atoms with E-state index < -0.39 is 11.9 Å². The van der Waals surface area contributed by atoms with Crippen LogP contribution in [-0.2, 0) is 12.8 Å². The van der Waals surface area contributed by atoms with Crippen LogP contribution in [-0.4, -0.2) is 9.97 Å². The Labute approximate surface area is 110 Å². The van der Waals surface area contributed by atoms with Gasteiger partial charge in [-0.25, -0.2) is 10.8 Å². The smallest absolute Gasteiger partial charge is 0.433 e. The van der Waals surface area contributed by atoms with Gasteiger partial charge < -0.3 is 4.74 Å². The molecule has 2 aromatic rings.